The van der Waals surface area contributed by atoms with E-state index in [9.17, 15) is 18.0 Å². The van der Waals surface area contributed by atoms with Crippen molar-refractivity contribution in [3.8, 4) is 22.6 Å². The average Bonchev–Trinajstić information content (AvgIpc) is 2.74. The van der Waals surface area contributed by atoms with Crippen LogP contribution >= 0.6 is 0 Å². The van der Waals surface area contributed by atoms with Gasteiger partial charge in [0.1, 0.15) is 12.1 Å². The largest absolute Gasteiger partial charge is 0.573 e. The van der Waals surface area contributed by atoms with Crippen molar-refractivity contribution >= 4 is 22.4 Å². The lowest BCUT2D eigenvalue weighted by Gasteiger charge is -2.15. The Balaban J connectivity index is 1.75. The van der Waals surface area contributed by atoms with Crippen molar-refractivity contribution in [2.45, 2.75) is 6.36 Å². The monoisotopic (exact) mass is 427 g/mol. The van der Waals surface area contributed by atoms with Crippen molar-refractivity contribution in [3.63, 3.8) is 0 Å². The van der Waals surface area contributed by atoms with E-state index in [1.54, 1.807) is 30.5 Å². The molecule has 0 fully saturated rings. The van der Waals surface area contributed by atoms with Crippen molar-refractivity contribution in [3.05, 3.63) is 71.4 Å². The highest BCUT2D eigenvalue weighted by molar-refractivity contribution is 5.83. The zero-order valence-corrected chi connectivity index (χ0v) is 16.1. The first-order chi connectivity index (χ1) is 14.7. The minimum Gasteiger partial charge on any atom is -0.404 e. The van der Waals surface area contributed by atoms with Gasteiger partial charge in [0, 0.05) is 18.8 Å². The van der Waals surface area contributed by atoms with Crippen LogP contribution in [0.2, 0.25) is 0 Å². The molecule has 0 saturated heterocycles. The summed E-state index contributed by atoms with van der Waals surface area (Å²) in [6, 6.07) is 12.5. The topological polar surface area (TPSA) is 95.1 Å². The van der Waals surface area contributed by atoms with Crippen molar-refractivity contribution in [1.82, 2.24) is 14.5 Å². The Labute approximate surface area is 173 Å². The predicted molar refractivity (Wildman–Crippen MR) is 111 cm³/mol. The number of hydrogen-bond donors (Lipinski definition) is 2. The highest BCUT2D eigenvalue weighted by Crippen LogP contribution is 2.31. The first-order valence-electron chi connectivity index (χ1n) is 9.06. The van der Waals surface area contributed by atoms with E-state index >= 15 is 0 Å². The number of nitrogens with one attached hydrogen (secondary N) is 1. The van der Waals surface area contributed by atoms with Crippen LogP contribution < -0.4 is 21.3 Å². The van der Waals surface area contributed by atoms with E-state index in [4.69, 9.17) is 5.73 Å². The van der Waals surface area contributed by atoms with Crippen LogP contribution in [0.5, 0.6) is 5.75 Å². The molecule has 0 unspecified atom stereocenters. The van der Waals surface area contributed by atoms with Crippen LogP contribution in [-0.4, -0.2) is 27.9 Å². The Morgan fingerprint density at radius 1 is 1.03 bits per heavy atom. The second-order valence-corrected chi connectivity index (χ2v) is 6.60. The molecule has 0 atom stereocenters. The molecule has 4 aromatic rings. The van der Waals surface area contributed by atoms with Gasteiger partial charge in [-0.1, -0.05) is 6.07 Å². The third-order valence-electron chi connectivity index (χ3n) is 4.62. The second-order valence-electron chi connectivity index (χ2n) is 6.60. The molecule has 158 valence electrons. The van der Waals surface area contributed by atoms with Crippen LogP contribution in [0.1, 0.15) is 0 Å². The molecule has 0 aliphatic heterocycles. The number of fused-ring (bicyclic) bond motifs is 1. The van der Waals surface area contributed by atoms with Crippen molar-refractivity contribution in [2.75, 3.05) is 18.1 Å². The van der Waals surface area contributed by atoms with Crippen LogP contribution in [0, 0.1) is 0 Å². The maximum atomic E-state index is 13.0. The molecule has 7 nitrogen and oxygen atoms in total. The van der Waals surface area contributed by atoms with E-state index in [0.717, 1.165) is 17.2 Å². The van der Waals surface area contributed by atoms with Crippen LogP contribution in [-0.2, 0) is 0 Å². The molecule has 31 heavy (non-hydrogen) atoms. The van der Waals surface area contributed by atoms with E-state index in [1.165, 1.54) is 30.1 Å². The molecule has 2 aromatic heterocycles. The number of benzene rings is 2. The smallest absolute Gasteiger partial charge is 0.404 e. The molecule has 0 aliphatic carbocycles. The van der Waals surface area contributed by atoms with Crippen LogP contribution in [0.4, 0.5) is 24.7 Å². The minimum absolute atomic E-state index is 0.0769. The Kier molecular flexibility index (Phi) is 4.97. The van der Waals surface area contributed by atoms with Gasteiger partial charge in [0.2, 0.25) is 0 Å². The van der Waals surface area contributed by atoms with Gasteiger partial charge >= 0.3 is 6.36 Å². The molecule has 2 heterocycles. The highest BCUT2D eigenvalue weighted by atomic mass is 19.4. The summed E-state index contributed by atoms with van der Waals surface area (Å²) in [7, 11) is 1.46. The minimum atomic E-state index is -4.83. The normalized spacial score (nSPS) is 11.5. The molecule has 0 saturated carbocycles. The van der Waals surface area contributed by atoms with Gasteiger partial charge in [0.05, 0.1) is 22.3 Å². The van der Waals surface area contributed by atoms with Crippen LogP contribution in [0.3, 0.4) is 0 Å². The number of alkyl halides is 3. The van der Waals surface area contributed by atoms with Gasteiger partial charge in [-0.05, 0) is 48.0 Å². The van der Waals surface area contributed by atoms with Gasteiger partial charge < -0.3 is 15.8 Å². The summed E-state index contributed by atoms with van der Waals surface area (Å²) in [6.07, 6.45) is -1.87. The SMILES string of the molecule is CNc1cc(-n2cnc3cc(-c4ccc(N)nc4)ccc3c2=O)ccc1OC(F)(F)F. The molecule has 0 amide bonds. The second kappa shape index (κ2) is 7.63. The number of halogens is 3. The van der Waals surface area contributed by atoms with E-state index in [0.29, 0.717) is 22.4 Å². The lowest BCUT2D eigenvalue weighted by atomic mass is 10.1. The van der Waals surface area contributed by atoms with Crippen LogP contribution in [0.15, 0.2) is 65.8 Å². The lowest BCUT2D eigenvalue weighted by molar-refractivity contribution is -0.274. The molecule has 4 rings (SSSR count). The molecule has 3 N–H and O–H groups in total. The molecule has 0 bridgehead atoms. The summed E-state index contributed by atoms with van der Waals surface area (Å²) in [5.41, 5.74) is 7.77. The third kappa shape index (κ3) is 4.13. The van der Waals surface area contributed by atoms with Gasteiger partial charge in [-0.15, -0.1) is 13.2 Å². The Hall–Kier alpha value is -4.08. The van der Waals surface area contributed by atoms with Gasteiger partial charge in [0.25, 0.3) is 5.56 Å². The van der Waals surface area contributed by atoms with Crippen molar-refractivity contribution in [2.24, 2.45) is 0 Å². The van der Waals surface area contributed by atoms with E-state index in [1.807, 2.05) is 6.07 Å². The van der Waals surface area contributed by atoms with Crippen molar-refractivity contribution in [1.29, 1.82) is 0 Å². The molecule has 0 radical (unpaired) electrons. The standard InChI is InChI=1S/C21H16F3N5O2/c1-26-17-9-14(4-6-18(17)31-21(22,23)24)29-11-28-16-8-12(2-5-15(16)20(29)30)13-3-7-19(25)27-10-13/h2-11,26H,1H3,(H2,25,27). The number of nitrogens with two attached hydrogens (primary N) is 1. The number of rotatable bonds is 4. The van der Waals surface area contributed by atoms with Gasteiger partial charge in [-0.2, -0.15) is 0 Å². The number of nitrogen functional groups attached to an aromatic ring is 1. The molecular formula is C21H16F3N5O2. The molecular weight excluding hydrogens is 411 g/mol. The third-order valence-corrected chi connectivity index (χ3v) is 4.62. The molecule has 10 heteroatoms. The number of aromatic nitrogens is 3. The van der Waals surface area contributed by atoms with Gasteiger partial charge in [-0.3, -0.25) is 9.36 Å². The number of nitrogens with zero attached hydrogens (tertiary/aromatic N) is 3. The summed E-state index contributed by atoms with van der Waals surface area (Å²) in [6.45, 7) is 0. The average molecular weight is 427 g/mol. The summed E-state index contributed by atoms with van der Waals surface area (Å²) in [5.74, 6) is 0.000405. The van der Waals surface area contributed by atoms with E-state index in [-0.39, 0.29) is 11.2 Å². The van der Waals surface area contributed by atoms with Gasteiger partial charge in [0.15, 0.2) is 5.75 Å². The fourth-order valence-electron chi connectivity index (χ4n) is 3.14. The molecule has 0 aliphatic rings. The molecule has 2 aromatic carbocycles. The Bertz CT molecular complexity index is 1320. The first kappa shape index (κ1) is 20.2. The first-order valence-corrected chi connectivity index (χ1v) is 9.06. The van der Waals surface area contributed by atoms with Crippen LogP contribution in [0.25, 0.3) is 27.7 Å². The number of hydrogen-bond acceptors (Lipinski definition) is 6. The highest BCUT2D eigenvalue weighted by Gasteiger charge is 2.32. The Morgan fingerprint density at radius 3 is 2.48 bits per heavy atom. The summed E-state index contributed by atoms with van der Waals surface area (Å²) >= 11 is 0. The van der Waals surface area contributed by atoms with Crippen molar-refractivity contribution < 1.29 is 17.9 Å². The number of pyridine rings is 1. The summed E-state index contributed by atoms with van der Waals surface area (Å²) in [5, 5.41) is 3.00. The maximum absolute atomic E-state index is 13.0. The predicted octanol–water partition coefficient (Wildman–Crippen LogP) is 3.97. The molecule has 0 spiro atoms. The fraction of sp³-hybridized carbons (Fsp3) is 0.0952. The fourth-order valence-corrected chi connectivity index (χ4v) is 3.14. The zero-order valence-electron chi connectivity index (χ0n) is 16.1. The number of ether oxygens (including phenoxy) is 1. The van der Waals surface area contributed by atoms with E-state index in [2.05, 4.69) is 20.0 Å². The Morgan fingerprint density at radius 2 is 1.81 bits per heavy atom. The lowest BCUT2D eigenvalue weighted by Crippen LogP contribution is -2.20. The van der Waals surface area contributed by atoms with Gasteiger partial charge in [-0.25, -0.2) is 9.97 Å². The maximum Gasteiger partial charge on any atom is 0.573 e. The zero-order chi connectivity index (χ0) is 22.2. The number of anilines is 2. The summed E-state index contributed by atoms with van der Waals surface area (Å²) < 4.78 is 43.0. The van der Waals surface area contributed by atoms with E-state index < -0.39 is 12.1 Å². The quantitative estimate of drug-likeness (QED) is 0.512. The summed E-state index contributed by atoms with van der Waals surface area (Å²) in [4.78, 5) is 21.4.